The minimum absolute atomic E-state index is 0.112. The summed E-state index contributed by atoms with van der Waals surface area (Å²) in [7, 11) is -3.83. The molecule has 2 aromatic rings. The molecule has 0 amide bonds. The van der Waals surface area contributed by atoms with Crippen LogP contribution in [-0.2, 0) is 10.0 Å². The molecule has 0 aliphatic rings. The summed E-state index contributed by atoms with van der Waals surface area (Å²) in [6, 6.07) is 3.21. The van der Waals surface area contributed by atoms with Gasteiger partial charge in [-0.2, -0.15) is 5.10 Å². The van der Waals surface area contributed by atoms with E-state index in [2.05, 4.69) is 14.9 Å². The summed E-state index contributed by atoms with van der Waals surface area (Å²) < 4.78 is 39.7. The Morgan fingerprint density at radius 2 is 2.05 bits per heavy atom. The van der Waals surface area contributed by atoms with E-state index in [1.54, 1.807) is 13.8 Å². The number of halogens is 2. The molecule has 19 heavy (non-hydrogen) atoms. The van der Waals surface area contributed by atoms with Gasteiger partial charge < -0.3 is 0 Å². The number of aromatic nitrogens is 2. The first-order valence-corrected chi connectivity index (χ1v) is 7.17. The van der Waals surface area contributed by atoms with Crippen molar-refractivity contribution in [2.24, 2.45) is 0 Å². The normalized spacial score (nSPS) is 11.6. The monoisotopic (exact) mass is 303 g/mol. The minimum atomic E-state index is -3.83. The topological polar surface area (TPSA) is 74.8 Å². The van der Waals surface area contributed by atoms with Gasteiger partial charge in [-0.1, -0.05) is 11.6 Å². The fourth-order valence-electron chi connectivity index (χ4n) is 1.54. The number of hydrogen-bond acceptors (Lipinski definition) is 3. The Kier molecular flexibility index (Phi) is 3.51. The van der Waals surface area contributed by atoms with E-state index in [-0.39, 0.29) is 9.92 Å². The zero-order valence-corrected chi connectivity index (χ0v) is 11.7. The van der Waals surface area contributed by atoms with Crippen LogP contribution in [0.5, 0.6) is 0 Å². The third-order valence-corrected chi connectivity index (χ3v) is 4.20. The molecule has 0 radical (unpaired) electrons. The Balaban J connectivity index is 2.41. The van der Waals surface area contributed by atoms with Crippen molar-refractivity contribution in [3.63, 3.8) is 0 Å². The molecule has 102 valence electrons. The lowest BCUT2D eigenvalue weighted by atomic mass is 10.3. The summed E-state index contributed by atoms with van der Waals surface area (Å²) in [5, 5.41) is 6.31. The van der Waals surface area contributed by atoms with Crippen LogP contribution in [-0.4, -0.2) is 18.6 Å². The van der Waals surface area contributed by atoms with Crippen LogP contribution in [0, 0.1) is 19.7 Å². The van der Waals surface area contributed by atoms with Gasteiger partial charge in [-0.3, -0.25) is 9.82 Å². The first-order chi connectivity index (χ1) is 8.81. The van der Waals surface area contributed by atoms with Crippen LogP contribution in [0.2, 0.25) is 5.02 Å². The summed E-state index contributed by atoms with van der Waals surface area (Å²) in [5.74, 6) is -0.670. The molecular formula is C11H11ClFN3O2S. The van der Waals surface area contributed by atoms with Crippen LogP contribution in [0.3, 0.4) is 0 Å². The molecule has 0 bridgehead atoms. The average Bonchev–Trinajstić information content (AvgIpc) is 2.64. The molecule has 0 aliphatic heterocycles. The van der Waals surface area contributed by atoms with Gasteiger partial charge in [-0.15, -0.1) is 0 Å². The molecule has 0 unspecified atom stereocenters. The van der Waals surface area contributed by atoms with Gasteiger partial charge in [0.15, 0.2) is 0 Å². The number of H-pyrrole nitrogens is 1. The smallest absolute Gasteiger partial charge is 0.262 e. The second-order valence-corrected chi connectivity index (χ2v) is 6.08. The van der Waals surface area contributed by atoms with Crippen molar-refractivity contribution in [1.29, 1.82) is 0 Å². The second-order valence-electron chi connectivity index (χ2n) is 3.99. The van der Waals surface area contributed by atoms with Crippen LogP contribution in [0.15, 0.2) is 23.1 Å². The van der Waals surface area contributed by atoms with Gasteiger partial charge in [0.25, 0.3) is 10.0 Å². The Morgan fingerprint density at radius 1 is 1.37 bits per heavy atom. The minimum Gasteiger partial charge on any atom is -0.280 e. The number of anilines is 1. The summed E-state index contributed by atoms with van der Waals surface area (Å²) >= 11 is 5.58. The number of nitrogens with zero attached hydrogens (tertiary/aromatic N) is 1. The highest BCUT2D eigenvalue weighted by Crippen LogP contribution is 2.24. The third kappa shape index (κ3) is 2.71. The molecule has 0 aliphatic carbocycles. The van der Waals surface area contributed by atoms with Crippen LogP contribution >= 0.6 is 11.6 Å². The number of nitrogens with one attached hydrogen (secondary N) is 2. The lowest BCUT2D eigenvalue weighted by Gasteiger charge is -2.08. The van der Waals surface area contributed by atoms with Crippen molar-refractivity contribution in [3.05, 3.63) is 40.4 Å². The first-order valence-electron chi connectivity index (χ1n) is 5.30. The Hall–Kier alpha value is -1.60. The number of sulfonamides is 1. The number of rotatable bonds is 3. The van der Waals surface area contributed by atoms with Crippen molar-refractivity contribution in [2.45, 2.75) is 18.7 Å². The van der Waals surface area contributed by atoms with E-state index < -0.39 is 15.8 Å². The van der Waals surface area contributed by atoms with E-state index >= 15 is 0 Å². The van der Waals surface area contributed by atoms with Gasteiger partial charge in [0.2, 0.25) is 0 Å². The average molecular weight is 304 g/mol. The summed E-state index contributed by atoms with van der Waals surface area (Å²) in [6.45, 7) is 3.36. The largest absolute Gasteiger partial charge is 0.280 e. The fraction of sp³-hybridized carbons (Fsp3) is 0.182. The molecule has 0 atom stereocenters. The van der Waals surface area contributed by atoms with Crippen molar-refractivity contribution in [1.82, 2.24) is 10.2 Å². The fourth-order valence-corrected chi connectivity index (χ4v) is 2.99. The highest BCUT2D eigenvalue weighted by molar-refractivity contribution is 7.92. The molecule has 0 fully saturated rings. The van der Waals surface area contributed by atoms with E-state index in [1.165, 1.54) is 0 Å². The Morgan fingerprint density at radius 3 is 2.58 bits per heavy atom. The maximum absolute atomic E-state index is 13.0. The quantitative estimate of drug-likeness (QED) is 0.915. The molecule has 2 rings (SSSR count). The molecule has 5 nitrogen and oxygen atoms in total. The van der Waals surface area contributed by atoms with Gasteiger partial charge >= 0.3 is 0 Å². The SMILES string of the molecule is Cc1n[nH]c(C)c1NS(=O)(=O)c1ccc(F)c(Cl)c1. The molecule has 0 saturated carbocycles. The van der Waals surface area contributed by atoms with Gasteiger partial charge in [-0.05, 0) is 32.0 Å². The molecule has 2 N–H and O–H groups in total. The molecule has 0 spiro atoms. The van der Waals surface area contributed by atoms with Crippen molar-refractivity contribution in [3.8, 4) is 0 Å². The van der Waals surface area contributed by atoms with Gasteiger partial charge in [0, 0.05) is 0 Å². The highest BCUT2D eigenvalue weighted by Gasteiger charge is 2.19. The van der Waals surface area contributed by atoms with Crippen molar-refractivity contribution in [2.75, 3.05) is 4.72 Å². The van der Waals surface area contributed by atoms with Crippen LogP contribution in [0.25, 0.3) is 0 Å². The summed E-state index contributed by atoms with van der Waals surface area (Å²) in [5.41, 5.74) is 1.49. The van der Waals surface area contributed by atoms with Gasteiger partial charge in [0.05, 0.1) is 27.0 Å². The van der Waals surface area contributed by atoms with E-state index in [1.807, 2.05) is 0 Å². The predicted molar refractivity (Wildman–Crippen MR) is 70.3 cm³/mol. The van der Waals surface area contributed by atoms with E-state index in [9.17, 15) is 12.8 Å². The Labute approximate surface area is 114 Å². The maximum Gasteiger partial charge on any atom is 0.262 e. The third-order valence-electron chi connectivity index (χ3n) is 2.57. The molecular weight excluding hydrogens is 293 g/mol. The van der Waals surface area contributed by atoms with Crippen molar-refractivity contribution < 1.29 is 12.8 Å². The molecule has 0 saturated heterocycles. The zero-order chi connectivity index (χ0) is 14.2. The summed E-state index contributed by atoms with van der Waals surface area (Å²) in [6.07, 6.45) is 0. The summed E-state index contributed by atoms with van der Waals surface area (Å²) in [4.78, 5) is -0.112. The van der Waals surface area contributed by atoms with Crippen LogP contribution in [0.1, 0.15) is 11.4 Å². The molecule has 1 aromatic heterocycles. The highest BCUT2D eigenvalue weighted by atomic mass is 35.5. The predicted octanol–water partition coefficient (Wildman–Crippen LogP) is 2.62. The van der Waals surface area contributed by atoms with E-state index in [0.29, 0.717) is 17.1 Å². The number of aromatic amines is 1. The Bertz CT molecular complexity index is 708. The van der Waals surface area contributed by atoms with Gasteiger partial charge in [-0.25, -0.2) is 12.8 Å². The standard InChI is InChI=1S/C11H11ClFN3O2S/c1-6-11(7(2)15-14-6)16-19(17,18)8-3-4-10(13)9(12)5-8/h3-5,16H,1-2H3,(H,14,15). The zero-order valence-electron chi connectivity index (χ0n) is 10.2. The number of hydrogen-bond donors (Lipinski definition) is 2. The number of aryl methyl sites for hydroxylation is 2. The lowest BCUT2D eigenvalue weighted by molar-refractivity contribution is 0.599. The second kappa shape index (κ2) is 4.82. The van der Waals surface area contributed by atoms with Crippen LogP contribution in [0.4, 0.5) is 10.1 Å². The molecule has 1 aromatic carbocycles. The molecule has 8 heteroatoms. The molecule has 1 heterocycles. The lowest BCUT2D eigenvalue weighted by Crippen LogP contribution is -2.14. The first kappa shape index (κ1) is 13.8. The number of benzene rings is 1. The maximum atomic E-state index is 13.0. The van der Waals surface area contributed by atoms with Crippen molar-refractivity contribution >= 4 is 27.3 Å². The van der Waals surface area contributed by atoms with E-state index in [4.69, 9.17) is 11.6 Å². The van der Waals surface area contributed by atoms with E-state index in [0.717, 1.165) is 18.2 Å². The van der Waals surface area contributed by atoms with Gasteiger partial charge in [0.1, 0.15) is 5.82 Å². The van der Waals surface area contributed by atoms with Crippen LogP contribution < -0.4 is 4.72 Å².